The Hall–Kier alpha value is -1.06. The molecule has 2 fully saturated rings. The molecule has 1 N–H and O–H groups in total. The number of likely N-dealkylation sites (tertiary alicyclic amines) is 1. The fourth-order valence-corrected chi connectivity index (χ4v) is 5.05. The van der Waals surface area contributed by atoms with Crippen molar-refractivity contribution in [2.45, 2.75) is 98.1 Å². The smallest absolute Gasteiger partial charge is 0.245 e. The van der Waals surface area contributed by atoms with Crippen LogP contribution in [0.1, 0.15) is 86.0 Å². The molecule has 0 radical (unpaired) electrons. The minimum atomic E-state index is -0.408. The lowest BCUT2D eigenvalue weighted by atomic mass is 9.65. The number of hydrogen-bond donors (Lipinski definition) is 1. The first kappa shape index (κ1) is 19.3. The van der Waals surface area contributed by atoms with Crippen molar-refractivity contribution in [2.75, 3.05) is 6.54 Å². The van der Waals surface area contributed by atoms with E-state index >= 15 is 0 Å². The lowest BCUT2D eigenvalue weighted by molar-refractivity contribution is -0.137. The van der Waals surface area contributed by atoms with Crippen LogP contribution in [-0.2, 0) is 9.59 Å². The van der Waals surface area contributed by atoms with Gasteiger partial charge in [-0.25, -0.2) is 0 Å². The quantitative estimate of drug-likeness (QED) is 0.717. The monoisotopic (exact) mass is 336 g/mol. The fraction of sp³-hybridized carbons (Fsp3) is 0.900. The third-order valence-electron chi connectivity index (χ3n) is 5.70. The molecule has 1 saturated carbocycles. The van der Waals surface area contributed by atoms with Crippen LogP contribution >= 0.6 is 0 Å². The highest BCUT2D eigenvalue weighted by Gasteiger charge is 2.51. The van der Waals surface area contributed by atoms with Crippen LogP contribution in [0.15, 0.2) is 0 Å². The molecule has 4 heteroatoms. The number of nitrogens with one attached hydrogen (secondary N) is 1. The highest BCUT2D eigenvalue weighted by molar-refractivity contribution is 5.87. The van der Waals surface area contributed by atoms with E-state index in [1.807, 2.05) is 6.92 Å². The Labute approximate surface area is 147 Å². The fourth-order valence-electron chi connectivity index (χ4n) is 5.05. The van der Waals surface area contributed by atoms with Gasteiger partial charge in [0.05, 0.1) is 0 Å². The molecule has 24 heavy (non-hydrogen) atoms. The van der Waals surface area contributed by atoms with Crippen molar-refractivity contribution in [1.82, 2.24) is 10.2 Å². The van der Waals surface area contributed by atoms with Crippen LogP contribution in [-0.4, -0.2) is 35.3 Å². The van der Waals surface area contributed by atoms with Gasteiger partial charge in [-0.3, -0.25) is 9.59 Å². The number of fused-ring (bicyclic) bond motifs is 2. The molecule has 3 unspecified atom stereocenters. The first-order chi connectivity index (χ1) is 11.2. The van der Waals surface area contributed by atoms with Gasteiger partial charge in [-0.1, -0.05) is 47.0 Å². The Morgan fingerprint density at radius 1 is 1.17 bits per heavy atom. The predicted molar refractivity (Wildman–Crippen MR) is 97.6 cm³/mol. The van der Waals surface area contributed by atoms with Gasteiger partial charge in [0.25, 0.3) is 0 Å². The van der Waals surface area contributed by atoms with Crippen molar-refractivity contribution in [3.05, 3.63) is 0 Å². The molecule has 0 aromatic carbocycles. The summed E-state index contributed by atoms with van der Waals surface area (Å²) in [4.78, 5) is 27.0. The first-order valence-corrected chi connectivity index (χ1v) is 9.76. The van der Waals surface area contributed by atoms with E-state index in [2.05, 4.69) is 37.9 Å². The topological polar surface area (TPSA) is 49.4 Å². The number of rotatable bonds is 7. The Morgan fingerprint density at radius 2 is 1.88 bits per heavy atom. The SMILES string of the molecule is CCCCCCC(=O)NC(C)C(=O)N1CC2(C)CC1CC(C)(C)C2. The molecule has 1 aliphatic heterocycles. The Morgan fingerprint density at radius 3 is 2.54 bits per heavy atom. The van der Waals surface area contributed by atoms with Crippen LogP contribution in [0.4, 0.5) is 0 Å². The minimum Gasteiger partial charge on any atom is -0.345 e. The van der Waals surface area contributed by atoms with Gasteiger partial charge >= 0.3 is 0 Å². The Balaban J connectivity index is 1.86. The maximum absolute atomic E-state index is 12.9. The third-order valence-corrected chi connectivity index (χ3v) is 5.70. The number of unbranched alkanes of at least 4 members (excludes halogenated alkanes) is 3. The lowest BCUT2D eigenvalue weighted by Crippen LogP contribution is -2.48. The van der Waals surface area contributed by atoms with Gasteiger partial charge in [0.1, 0.15) is 6.04 Å². The molecule has 0 aromatic rings. The van der Waals surface area contributed by atoms with Crippen molar-refractivity contribution in [2.24, 2.45) is 10.8 Å². The van der Waals surface area contributed by atoms with Crippen molar-refractivity contribution in [3.63, 3.8) is 0 Å². The Bertz CT molecular complexity index is 474. The van der Waals surface area contributed by atoms with E-state index in [0.717, 1.165) is 32.2 Å². The van der Waals surface area contributed by atoms with Gasteiger partial charge in [-0.2, -0.15) is 0 Å². The predicted octanol–water partition coefficient (Wildman–Crippen LogP) is 3.89. The maximum atomic E-state index is 12.9. The van der Waals surface area contributed by atoms with Gasteiger partial charge in [0, 0.05) is 19.0 Å². The van der Waals surface area contributed by atoms with E-state index in [-0.39, 0.29) is 17.2 Å². The second-order valence-corrected chi connectivity index (χ2v) is 9.28. The first-order valence-electron chi connectivity index (χ1n) is 9.76. The average molecular weight is 337 g/mol. The zero-order valence-corrected chi connectivity index (χ0v) is 16.3. The molecule has 2 bridgehead atoms. The van der Waals surface area contributed by atoms with Crippen LogP contribution in [0.2, 0.25) is 0 Å². The van der Waals surface area contributed by atoms with E-state index in [1.165, 1.54) is 19.3 Å². The van der Waals surface area contributed by atoms with Crippen molar-refractivity contribution >= 4 is 11.8 Å². The second-order valence-electron chi connectivity index (χ2n) is 9.28. The summed E-state index contributed by atoms with van der Waals surface area (Å²) in [6.07, 6.45) is 8.25. The number of nitrogens with zero attached hydrogens (tertiary/aromatic N) is 1. The summed E-state index contributed by atoms with van der Waals surface area (Å²) < 4.78 is 0. The summed E-state index contributed by atoms with van der Waals surface area (Å²) in [6, 6.07) is -0.0649. The molecule has 1 heterocycles. The standard InChI is InChI=1S/C20H36N2O2/c1-6-7-8-9-10-17(23)21-15(2)18(24)22-14-20(5)12-16(22)11-19(3,4)13-20/h15-16H,6-14H2,1-5H3,(H,21,23). The number of carbonyl (C=O) groups is 2. The third kappa shape index (κ3) is 4.73. The molecular weight excluding hydrogens is 300 g/mol. The average Bonchev–Trinajstić information content (AvgIpc) is 2.71. The zero-order valence-electron chi connectivity index (χ0n) is 16.3. The molecule has 2 rings (SSSR count). The molecule has 1 saturated heterocycles. The molecule has 0 aromatic heterocycles. The number of carbonyl (C=O) groups excluding carboxylic acids is 2. The van der Waals surface area contributed by atoms with E-state index in [1.54, 1.807) is 0 Å². The second kappa shape index (κ2) is 7.45. The van der Waals surface area contributed by atoms with Gasteiger partial charge in [0.2, 0.25) is 11.8 Å². The van der Waals surface area contributed by atoms with Crippen LogP contribution < -0.4 is 5.32 Å². The van der Waals surface area contributed by atoms with E-state index in [0.29, 0.717) is 17.9 Å². The lowest BCUT2D eigenvalue weighted by Gasteiger charge is -2.39. The van der Waals surface area contributed by atoms with Crippen LogP contribution in [0, 0.1) is 10.8 Å². The van der Waals surface area contributed by atoms with E-state index < -0.39 is 6.04 Å². The molecule has 2 amide bonds. The molecule has 0 spiro atoms. The normalized spacial score (nSPS) is 29.4. The Kier molecular flexibility index (Phi) is 5.98. The van der Waals surface area contributed by atoms with E-state index in [4.69, 9.17) is 0 Å². The minimum absolute atomic E-state index is 0.0145. The number of amides is 2. The summed E-state index contributed by atoms with van der Waals surface area (Å²) in [7, 11) is 0. The summed E-state index contributed by atoms with van der Waals surface area (Å²) in [6.45, 7) is 11.8. The highest BCUT2D eigenvalue weighted by atomic mass is 16.2. The molecule has 3 atom stereocenters. The van der Waals surface area contributed by atoms with Crippen molar-refractivity contribution in [1.29, 1.82) is 0 Å². The zero-order chi connectivity index (χ0) is 18.0. The molecule has 1 aliphatic carbocycles. The van der Waals surface area contributed by atoms with Crippen LogP contribution in [0.25, 0.3) is 0 Å². The van der Waals surface area contributed by atoms with Gasteiger partial charge in [0.15, 0.2) is 0 Å². The summed E-state index contributed by atoms with van der Waals surface area (Å²) in [5, 5.41) is 2.92. The van der Waals surface area contributed by atoms with E-state index in [9.17, 15) is 9.59 Å². The summed E-state index contributed by atoms with van der Waals surface area (Å²) in [5.74, 6) is 0.115. The molecular formula is C20H36N2O2. The molecule has 2 aliphatic rings. The van der Waals surface area contributed by atoms with Gasteiger partial charge < -0.3 is 10.2 Å². The highest BCUT2D eigenvalue weighted by Crippen LogP contribution is 2.52. The molecule has 4 nitrogen and oxygen atoms in total. The maximum Gasteiger partial charge on any atom is 0.245 e. The largest absolute Gasteiger partial charge is 0.345 e. The summed E-state index contributed by atoms with van der Waals surface area (Å²) in [5.41, 5.74) is 0.546. The van der Waals surface area contributed by atoms with Gasteiger partial charge in [-0.15, -0.1) is 0 Å². The number of hydrogen-bond acceptors (Lipinski definition) is 2. The van der Waals surface area contributed by atoms with Crippen molar-refractivity contribution in [3.8, 4) is 0 Å². The van der Waals surface area contributed by atoms with Crippen LogP contribution in [0.5, 0.6) is 0 Å². The molecule has 138 valence electrons. The van der Waals surface area contributed by atoms with Gasteiger partial charge in [-0.05, 0) is 43.4 Å². The van der Waals surface area contributed by atoms with Crippen LogP contribution in [0.3, 0.4) is 0 Å². The summed E-state index contributed by atoms with van der Waals surface area (Å²) >= 11 is 0. The van der Waals surface area contributed by atoms with Crippen molar-refractivity contribution < 1.29 is 9.59 Å².